The average Bonchev–Trinajstić information content (AvgIpc) is 4.27. The van der Waals surface area contributed by atoms with Gasteiger partial charge in [-0.1, -0.05) is 40.0 Å². The Labute approximate surface area is 485 Å². The molecular formula is C46H57Cl3N24O6S2. The maximum absolute atomic E-state index is 13.2. The Kier molecular flexibility index (Phi) is 21.8. The van der Waals surface area contributed by atoms with E-state index in [1.165, 1.54) is 22.7 Å². The molecule has 1 amide bonds. The number of H-pyrrole nitrogens is 1. The highest BCUT2D eigenvalue weighted by Crippen LogP contribution is 2.43. The van der Waals surface area contributed by atoms with Crippen LogP contribution < -0.4 is 36.0 Å². The van der Waals surface area contributed by atoms with Crippen LogP contribution in [0.1, 0.15) is 46.5 Å². The molecular weight excluding hydrogens is 1160 g/mol. The van der Waals surface area contributed by atoms with Crippen molar-refractivity contribution in [3.05, 3.63) is 56.8 Å². The molecule has 2 atom stereocenters. The summed E-state index contributed by atoms with van der Waals surface area (Å²) in [4.78, 5) is 59.0. The van der Waals surface area contributed by atoms with Crippen molar-refractivity contribution in [2.24, 2.45) is 56.9 Å². The van der Waals surface area contributed by atoms with Gasteiger partial charge in [0.25, 0.3) is 5.56 Å². The largest absolute Gasteiger partial charge is 0.480 e. The number of carbonyl (C=O) groups is 1. The molecule has 30 nitrogen and oxygen atoms in total. The summed E-state index contributed by atoms with van der Waals surface area (Å²) in [6.45, 7) is 13.9. The van der Waals surface area contributed by atoms with Gasteiger partial charge in [-0.2, -0.15) is 20.5 Å². The zero-order chi connectivity index (χ0) is 57.1. The second kappa shape index (κ2) is 29.5. The van der Waals surface area contributed by atoms with E-state index in [-0.39, 0.29) is 23.7 Å². The number of rotatable bonds is 14. The first-order chi connectivity index (χ1) is 39.3. The van der Waals surface area contributed by atoms with Crippen LogP contribution in [-0.4, -0.2) is 144 Å². The predicted molar refractivity (Wildman–Crippen MR) is 306 cm³/mol. The molecule has 0 saturated carbocycles. The Hall–Kier alpha value is -7.20. The van der Waals surface area contributed by atoms with Gasteiger partial charge in [0.1, 0.15) is 38.4 Å². The molecule has 35 heteroatoms. The number of likely N-dealkylation sites (tertiary alicyclic amines) is 1. The number of ether oxygens (including phenoxy) is 4. The van der Waals surface area contributed by atoms with Crippen molar-refractivity contribution in [3.8, 4) is 27.0 Å². The van der Waals surface area contributed by atoms with Crippen LogP contribution in [0.5, 0.6) is 5.88 Å². The Morgan fingerprint density at radius 1 is 0.741 bits per heavy atom. The second-order valence-corrected chi connectivity index (χ2v) is 21.8. The minimum Gasteiger partial charge on any atom is -0.480 e. The van der Waals surface area contributed by atoms with E-state index in [4.69, 9.17) is 79.4 Å². The molecule has 0 spiro atoms. The van der Waals surface area contributed by atoms with Gasteiger partial charge < -0.3 is 49.6 Å². The quantitative estimate of drug-likeness (QED) is 0.0500. The smallest absolute Gasteiger partial charge is 0.410 e. The van der Waals surface area contributed by atoms with Crippen LogP contribution in [0.25, 0.3) is 41.6 Å². The summed E-state index contributed by atoms with van der Waals surface area (Å²) in [5.41, 5.74) is 8.11. The third-order valence-corrected chi connectivity index (χ3v) is 15.3. The standard InChI is InChI=1S/C26H33ClN6O4S.C20H23ClN6O2S.ClHN12/c1-26(2,3)37-25(34)33-10-6-7-16(15-33)28-21-19(23-29-18-9-5-8-17(27)20(18)38-23)22(35-4)31-24(30-21)32-11-13-36-14-12-32;21-13-4-1-5-14-16(13)30-19(24-14)15-17(23-12-3-2-6-22-11-12)25-20(26-18(15)28)27-7-9-29-10-8-27;1-3-5-7-9-11-13-12-10-8-6-4-2/h5,8-9,16H,6-7,10-15H2,1-4H3,(H,28,30,31);1,4-5,12,22H,2-3,6-11H2,(H2,23,25,26,28);2H/b;;4-2?,5-3?,8-6+,9-7+,12-10+,13-11+/t16-;12-;/m11./s1. The van der Waals surface area contributed by atoms with E-state index in [1.54, 1.807) is 12.0 Å². The maximum Gasteiger partial charge on any atom is 0.410 e. The number of aromatic amines is 1. The molecule has 4 saturated heterocycles. The molecule has 8 heterocycles. The van der Waals surface area contributed by atoms with E-state index in [0.717, 1.165) is 59.2 Å². The topological polar surface area (TPSA) is 357 Å². The van der Waals surface area contributed by atoms with Crippen LogP contribution in [0.15, 0.2) is 98.1 Å². The van der Waals surface area contributed by atoms with E-state index < -0.39 is 5.60 Å². The Balaban J connectivity index is 0.000000178. The Bertz CT molecular complexity index is 3300. The number of benzene rings is 2. The number of amides is 1. The number of fused-ring (bicyclic) bond motifs is 2. The van der Waals surface area contributed by atoms with Gasteiger partial charge in [-0.15, -0.1) is 22.7 Å². The highest BCUT2D eigenvalue weighted by Gasteiger charge is 2.31. The molecule has 0 aliphatic carbocycles. The lowest BCUT2D eigenvalue weighted by Gasteiger charge is -2.35. The fourth-order valence-corrected chi connectivity index (χ4v) is 11.2. The summed E-state index contributed by atoms with van der Waals surface area (Å²) in [7, 11) is 1.60. The number of thiazole rings is 2. The molecule has 0 bridgehead atoms. The third kappa shape index (κ3) is 16.7. The molecule has 10 rings (SSSR count). The van der Waals surface area contributed by atoms with Gasteiger partial charge in [0, 0.05) is 57.9 Å². The summed E-state index contributed by atoms with van der Waals surface area (Å²) < 4.78 is 26.9. The molecule has 4 aromatic heterocycles. The zero-order valence-corrected chi connectivity index (χ0v) is 48.2. The van der Waals surface area contributed by atoms with Gasteiger partial charge in [-0.3, -0.25) is 9.78 Å². The summed E-state index contributed by atoms with van der Waals surface area (Å²) >= 11 is 20.4. The van der Waals surface area contributed by atoms with Crippen LogP contribution in [0.2, 0.25) is 10.0 Å². The Morgan fingerprint density at radius 2 is 1.31 bits per heavy atom. The molecule has 6 aromatic rings. The third-order valence-electron chi connectivity index (χ3n) is 12.2. The van der Waals surface area contributed by atoms with Gasteiger partial charge in [-0.05, 0) is 129 Å². The highest BCUT2D eigenvalue weighted by atomic mass is 35.5. The number of halogens is 3. The number of aromatic nitrogens is 6. The molecule has 81 heavy (non-hydrogen) atoms. The lowest BCUT2D eigenvalue weighted by molar-refractivity contribution is 0.0206. The summed E-state index contributed by atoms with van der Waals surface area (Å²) in [6.07, 6.45) is 3.53. The molecule has 4 fully saturated rings. The van der Waals surface area contributed by atoms with Crippen molar-refractivity contribution in [1.29, 1.82) is 5.53 Å². The molecule has 4 aliphatic rings. The molecule has 430 valence electrons. The number of piperidine rings is 2. The fraction of sp³-hybridized carbons (Fsp3) is 0.500. The van der Waals surface area contributed by atoms with Gasteiger partial charge >= 0.3 is 6.09 Å². The summed E-state index contributed by atoms with van der Waals surface area (Å²) in [6, 6.07) is 11.5. The van der Waals surface area contributed by atoms with Crippen molar-refractivity contribution in [3.63, 3.8) is 0 Å². The van der Waals surface area contributed by atoms with Gasteiger partial charge in [0.2, 0.25) is 17.8 Å². The predicted octanol–water partition coefficient (Wildman–Crippen LogP) is 10.8. The highest BCUT2D eigenvalue weighted by molar-refractivity contribution is 7.22. The first kappa shape index (κ1) is 59.9. The summed E-state index contributed by atoms with van der Waals surface area (Å²) in [5.74, 6) is 2.75. The van der Waals surface area contributed by atoms with E-state index >= 15 is 0 Å². The number of hydrogen-bond acceptors (Lipinski definition) is 20. The van der Waals surface area contributed by atoms with Crippen molar-refractivity contribution >= 4 is 108 Å². The minimum absolute atomic E-state index is 0.0369. The van der Waals surface area contributed by atoms with Crippen LogP contribution in [0.4, 0.5) is 28.3 Å². The van der Waals surface area contributed by atoms with Crippen molar-refractivity contribution in [2.75, 3.05) is 106 Å². The lowest BCUT2D eigenvalue weighted by atomic mass is 10.1. The Morgan fingerprint density at radius 3 is 1.88 bits per heavy atom. The van der Waals surface area contributed by atoms with Crippen LogP contribution in [0, 0.1) is 5.53 Å². The number of morpholine rings is 2. The molecule has 0 unspecified atom stereocenters. The number of nitrogens with one attached hydrogen (secondary N) is 5. The van der Waals surface area contributed by atoms with E-state index in [1.807, 2.05) is 62.1 Å². The normalized spacial score (nSPS) is 18.2. The average molecular weight is 1210 g/mol. The van der Waals surface area contributed by atoms with Crippen molar-refractivity contribution in [2.45, 2.75) is 64.1 Å². The maximum atomic E-state index is 13.2. The first-order valence-corrected chi connectivity index (χ1v) is 28.1. The van der Waals surface area contributed by atoms with Crippen LogP contribution in [0.3, 0.4) is 0 Å². The minimum atomic E-state index is -0.550. The molecule has 2 aromatic carbocycles. The monoisotopic (exact) mass is 1210 g/mol. The van der Waals surface area contributed by atoms with E-state index in [9.17, 15) is 9.59 Å². The molecule has 4 aliphatic heterocycles. The fourth-order valence-electron chi connectivity index (χ4n) is 8.62. The number of carbonyl (C=O) groups excluding carboxylic acids is 1. The van der Waals surface area contributed by atoms with Crippen LogP contribution in [-0.2, 0) is 14.2 Å². The molecule has 5 N–H and O–H groups in total. The zero-order valence-electron chi connectivity index (χ0n) is 44.3. The number of nitrogens with zero attached hydrogens (tertiary/aromatic N) is 19. The van der Waals surface area contributed by atoms with Gasteiger partial charge in [0.15, 0.2) is 0 Å². The first-order valence-electron chi connectivity index (χ1n) is 25.4. The van der Waals surface area contributed by atoms with Crippen LogP contribution >= 0.6 is 57.7 Å². The summed E-state index contributed by atoms with van der Waals surface area (Å²) in [5, 5.41) is 41.7. The van der Waals surface area contributed by atoms with Crippen molar-refractivity contribution < 1.29 is 23.7 Å². The van der Waals surface area contributed by atoms with E-state index in [0.29, 0.717) is 126 Å². The number of anilines is 4. The second-order valence-electron chi connectivity index (χ2n) is 18.9. The van der Waals surface area contributed by atoms with Gasteiger partial charge in [0.05, 0.1) is 75.8 Å². The lowest BCUT2D eigenvalue weighted by Crippen LogP contribution is -2.47. The SMILES string of the molecule is COc1nc(N2CCOCC2)nc(N[C@@H]2CCCN(C(=O)OC(C)(C)C)C2)c1-c1nc2cccc(Cl)c2s1.N=N/N=N/N=N/N=N/N=N/N=NCl.O=c1[nH]c(N2CCOCC2)nc(N[C@@H]2CCCNC2)c1-c1nc2cccc(Cl)c2s1. The number of methoxy groups -OCH3 is 1. The van der Waals surface area contributed by atoms with Gasteiger partial charge in [-0.25, -0.2) is 14.8 Å². The van der Waals surface area contributed by atoms with Crippen molar-refractivity contribution in [1.82, 2.24) is 40.1 Å². The number of hydrogen-bond donors (Lipinski definition) is 5. The molecule has 0 radical (unpaired) electrons. The van der Waals surface area contributed by atoms with E-state index in [2.05, 4.69) is 87.7 Å².